The van der Waals surface area contributed by atoms with Gasteiger partial charge >= 0.3 is 5.97 Å². The van der Waals surface area contributed by atoms with Crippen molar-refractivity contribution in [2.75, 3.05) is 12.4 Å². The molecule has 0 spiro atoms. The highest BCUT2D eigenvalue weighted by atomic mass is 35.5. The Bertz CT molecular complexity index is 1100. The molecule has 1 unspecified atom stereocenters. The number of carboxylic acid groups (broad SMARTS) is 1. The van der Waals surface area contributed by atoms with Gasteiger partial charge in [-0.1, -0.05) is 46.6 Å². The molecule has 0 radical (unpaired) electrons. The van der Waals surface area contributed by atoms with E-state index >= 15 is 0 Å². The number of oxime groups is 1. The molecule has 1 saturated carbocycles. The van der Waals surface area contributed by atoms with Crippen LogP contribution in [-0.2, 0) is 20.8 Å². The van der Waals surface area contributed by atoms with E-state index in [-0.39, 0.29) is 22.0 Å². The lowest BCUT2D eigenvalue weighted by atomic mass is 9.85. The van der Waals surface area contributed by atoms with Crippen LogP contribution < -0.4 is 10.6 Å². The van der Waals surface area contributed by atoms with Crippen LogP contribution in [0.25, 0.3) is 0 Å². The fourth-order valence-corrected chi connectivity index (χ4v) is 4.49. The molecule has 34 heavy (non-hydrogen) atoms. The Labute approximate surface area is 207 Å². The first-order valence-electron chi connectivity index (χ1n) is 10.6. The van der Waals surface area contributed by atoms with Gasteiger partial charge in [0.2, 0.25) is 5.91 Å². The molecule has 0 aliphatic heterocycles. The maximum atomic E-state index is 12.9. The Hall–Kier alpha value is -3.10. The minimum absolute atomic E-state index is 0.0679. The highest BCUT2D eigenvalue weighted by Gasteiger charge is 2.44. The second-order valence-electron chi connectivity index (χ2n) is 8.22. The minimum atomic E-state index is -1.15. The van der Waals surface area contributed by atoms with Gasteiger partial charge in [0.05, 0.1) is 26.7 Å². The topological polar surface area (TPSA) is 117 Å². The van der Waals surface area contributed by atoms with Crippen LogP contribution in [-0.4, -0.2) is 41.8 Å². The fraction of sp³-hybridized carbons (Fsp3) is 0.333. The van der Waals surface area contributed by atoms with Gasteiger partial charge < -0.3 is 20.6 Å². The first-order chi connectivity index (χ1) is 16.2. The first-order valence-corrected chi connectivity index (χ1v) is 11.4. The summed E-state index contributed by atoms with van der Waals surface area (Å²) in [5.41, 5.74) is 1.02. The molecule has 2 atom stereocenters. The number of nitrogens with zero attached hydrogens (tertiary/aromatic N) is 1. The van der Waals surface area contributed by atoms with Crippen molar-refractivity contribution < 1.29 is 24.3 Å². The van der Waals surface area contributed by atoms with Crippen LogP contribution in [0.5, 0.6) is 0 Å². The summed E-state index contributed by atoms with van der Waals surface area (Å²) in [6.07, 6.45) is 2.04. The number of halogens is 2. The number of hydrogen-bond acceptors (Lipinski definition) is 5. The van der Waals surface area contributed by atoms with Gasteiger partial charge in [-0.3, -0.25) is 9.59 Å². The van der Waals surface area contributed by atoms with E-state index < -0.39 is 29.2 Å². The molecule has 3 rings (SSSR count). The maximum Gasteiger partial charge on any atom is 0.326 e. The number of carbonyl (C=O) groups excluding carboxylic acids is 2. The van der Waals surface area contributed by atoms with E-state index in [0.717, 1.165) is 6.42 Å². The Morgan fingerprint density at radius 2 is 1.79 bits per heavy atom. The smallest absolute Gasteiger partial charge is 0.326 e. The lowest BCUT2D eigenvalue weighted by molar-refractivity contribution is -0.142. The van der Waals surface area contributed by atoms with Crippen LogP contribution in [0, 0.1) is 5.41 Å². The van der Waals surface area contributed by atoms with E-state index in [2.05, 4.69) is 15.8 Å². The van der Waals surface area contributed by atoms with Crippen molar-refractivity contribution in [3.63, 3.8) is 0 Å². The van der Waals surface area contributed by atoms with Gasteiger partial charge in [0.1, 0.15) is 13.2 Å². The van der Waals surface area contributed by atoms with Crippen molar-refractivity contribution in [3.8, 4) is 0 Å². The Balaban J connectivity index is 1.68. The average molecular weight is 506 g/mol. The quantitative estimate of drug-likeness (QED) is 0.454. The molecule has 8 nitrogen and oxygen atoms in total. The van der Waals surface area contributed by atoms with Gasteiger partial charge in [0.25, 0.3) is 5.91 Å². The molecule has 1 aliphatic carbocycles. The van der Waals surface area contributed by atoms with Crippen LogP contribution in [0.2, 0.25) is 10.0 Å². The van der Waals surface area contributed by atoms with Crippen molar-refractivity contribution in [2.24, 2.45) is 10.6 Å². The van der Waals surface area contributed by atoms with Gasteiger partial charge in [0.15, 0.2) is 0 Å². The largest absolute Gasteiger partial charge is 0.480 e. The molecule has 0 bridgehead atoms. The third-order valence-corrected chi connectivity index (χ3v) is 6.50. The molecule has 2 aromatic carbocycles. The van der Waals surface area contributed by atoms with E-state index in [1.165, 1.54) is 7.11 Å². The zero-order valence-corrected chi connectivity index (χ0v) is 20.2. The number of hydrogen-bond donors (Lipinski definition) is 3. The van der Waals surface area contributed by atoms with E-state index in [1.54, 1.807) is 49.4 Å². The zero-order valence-electron chi connectivity index (χ0n) is 18.7. The minimum Gasteiger partial charge on any atom is -0.480 e. The summed E-state index contributed by atoms with van der Waals surface area (Å²) >= 11 is 12.2. The highest BCUT2D eigenvalue weighted by Crippen LogP contribution is 2.36. The standard InChI is InChI=1S/C24H25Cl2N3O5/c1-24(12-4-7-19(24)29-34-2)23(33)28-18(22(31)32)13-14-8-10-15(11-9-14)27-21(30)20-16(25)5-3-6-17(20)26/h3,5-6,8-11,18H,4,7,12-13H2,1-2H3,(H,27,30)(H,28,33)(H,31,32)/t18-,24?/m0/s1. The Morgan fingerprint density at radius 3 is 2.38 bits per heavy atom. The second kappa shape index (κ2) is 10.9. The third-order valence-electron chi connectivity index (χ3n) is 5.87. The fourth-order valence-electron chi connectivity index (χ4n) is 3.92. The van der Waals surface area contributed by atoms with Crippen molar-refractivity contribution in [1.82, 2.24) is 5.32 Å². The maximum absolute atomic E-state index is 12.9. The molecule has 1 fully saturated rings. The number of aliphatic carboxylic acids is 1. The second-order valence-corrected chi connectivity index (χ2v) is 9.04. The van der Waals surface area contributed by atoms with Crippen molar-refractivity contribution in [2.45, 2.75) is 38.6 Å². The van der Waals surface area contributed by atoms with Gasteiger partial charge in [0, 0.05) is 12.1 Å². The summed E-state index contributed by atoms with van der Waals surface area (Å²) in [7, 11) is 1.42. The van der Waals surface area contributed by atoms with E-state index in [0.29, 0.717) is 29.8 Å². The lowest BCUT2D eigenvalue weighted by Gasteiger charge is -2.25. The molecular weight excluding hydrogens is 481 g/mol. The van der Waals surface area contributed by atoms with Crippen molar-refractivity contribution >= 4 is 52.4 Å². The number of nitrogens with one attached hydrogen (secondary N) is 2. The molecule has 180 valence electrons. The van der Waals surface area contributed by atoms with E-state index in [1.807, 2.05) is 0 Å². The predicted octanol–water partition coefficient (Wildman–Crippen LogP) is 4.55. The lowest BCUT2D eigenvalue weighted by Crippen LogP contribution is -2.50. The summed E-state index contributed by atoms with van der Waals surface area (Å²) in [5, 5.41) is 19.5. The van der Waals surface area contributed by atoms with Gasteiger partial charge in [-0.15, -0.1) is 0 Å². The van der Waals surface area contributed by atoms with Crippen LogP contribution in [0.1, 0.15) is 42.1 Å². The summed E-state index contributed by atoms with van der Waals surface area (Å²) in [4.78, 5) is 42.2. The number of amides is 2. The van der Waals surface area contributed by atoms with Crippen LogP contribution in [0.15, 0.2) is 47.6 Å². The van der Waals surface area contributed by atoms with Gasteiger partial charge in [-0.05, 0) is 56.0 Å². The Morgan fingerprint density at radius 1 is 1.15 bits per heavy atom. The van der Waals surface area contributed by atoms with Crippen LogP contribution >= 0.6 is 23.2 Å². The monoisotopic (exact) mass is 505 g/mol. The number of carbonyl (C=O) groups is 3. The van der Waals surface area contributed by atoms with Crippen molar-refractivity contribution in [3.05, 3.63) is 63.6 Å². The molecule has 10 heteroatoms. The summed E-state index contributed by atoms with van der Waals surface area (Å²) in [6.45, 7) is 1.74. The molecule has 0 aromatic heterocycles. The molecule has 1 aliphatic rings. The molecule has 0 saturated heterocycles. The Kier molecular flexibility index (Phi) is 8.17. The summed E-state index contributed by atoms with van der Waals surface area (Å²) in [6, 6.07) is 10.3. The predicted molar refractivity (Wildman–Crippen MR) is 131 cm³/mol. The zero-order chi connectivity index (χ0) is 24.9. The average Bonchev–Trinajstić information content (AvgIpc) is 3.16. The van der Waals surface area contributed by atoms with Crippen LogP contribution in [0.3, 0.4) is 0 Å². The molecule has 3 N–H and O–H groups in total. The summed E-state index contributed by atoms with van der Waals surface area (Å²) in [5.74, 6) is -2.00. The van der Waals surface area contributed by atoms with Gasteiger partial charge in [-0.25, -0.2) is 4.79 Å². The number of benzene rings is 2. The SMILES string of the molecule is CON=C1CCCC1(C)C(=O)N[C@@H](Cc1ccc(NC(=O)c2c(Cl)cccc2Cl)cc1)C(=O)O. The molecule has 2 aromatic rings. The highest BCUT2D eigenvalue weighted by molar-refractivity contribution is 6.40. The van der Waals surface area contributed by atoms with E-state index in [4.69, 9.17) is 28.0 Å². The third kappa shape index (κ3) is 5.69. The molecule has 2 amide bonds. The number of carboxylic acids is 1. The number of anilines is 1. The van der Waals surface area contributed by atoms with Gasteiger partial charge in [-0.2, -0.15) is 0 Å². The summed E-state index contributed by atoms with van der Waals surface area (Å²) < 4.78 is 0. The van der Waals surface area contributed by atoms with Crippen LogP contribution in [0.4, 0.5) is 5.69 Å². The van der Waals surface area contributed by atoms with Crippen molar-refractivity contribution in [1.29, 1.82) is 0 Å². The first kappa shape index (κ1) is 25.5. The molecule has 0 heterocycles. The normalized spacial score (nSPS) is 19.5. The number of rotatable bonds is 8. The van der Waals surface area contributed by atoms with E-state index in [9.17, 15) is 19.5 Å². The molecular formula is C24H25Cl2N3O5.